The standard InChI is InChI=1S/C16H16ClNO3S/c1-11(22(2,20)21)16(19)18-15-8-4-6-13(10-15)12-5-3-7-14(17)9-12/h3-11H,1-2H3,(H,18,19)/t11-/m1/s1. The van der Waals surface area contributed by atoms with Crippen molar-refractivity contribution in [2.24, 2.45) is 0 Å². The fourth-order valence-corrected chi connectivity index (χ4v) is 2.52. The summed E-state index contributed by atoms with van der Waals surface area (Å²) in [5.74, 6) is -0.550. The smallest absolute Gasteiger partial charge is 0.242 e. The lowest BCUT2D eigenvalue weighted by Gasteiger charge is -2.11. The molecule has 1 atom stereocenters. The second-order valence-corrected chi connectivity index (χ2v) is 7.85. The van der Waals surface area contributed by atoms with Crippen LogP contribution < -0.4 is 5.32 Å². The normalized spacial score (nSPS) is 12.7. The molecule has 1 amide bonds. The van der Waals surface area contributed by atoms with Crippen molar-refractivity contribution in [3.63, 3.8) is 0 Å². The molecule has 0 aliphatic rings. The molecule has 0 spiro atoms. The van der Waals surface area contributed by atoms with Gasteiger partial charge in [-0.1, -0.05) is 35.9 Å². The molecule has 0 aliphatic carbocycles. The van der Waals surface area contributed by atoms with Crippen LogP contribution in [0.5, 0.6) is 0 Å². The van der Waals surface area contributed by atoms with Crippen molar-refractivity contribution >= 4 is 33.0 Å². The van der Waals surface area contributed by atoms with E-state index < -0.39 is 21.0 Å². The predicted octanol–water partition coefficient (Wildman–Crippen LogP) is 3.38. The third kappa shape index (κ3) is 4.08. The maximum atomic E-state index is 11.9. The number of amides is 1. The van der Waals surface area contributed by atoms with Crippen molar-refractivity contribution < 1.29 is 13.2 Å². The average molecular weight is 338 g/mol. The lowest BCUT2D eigenvalue weighted by atomic mass is 10.1. The first-order valence-corrected chi connectivity index (χ1v) is 8.96. The lowest BCUT2D eigenvalue weighted by Crippen LogP contribution is -2.31. The molecule has 0 saturated heterocycles. The number of anilines is 1. The monoisotopic (exact) mass is 337 g/mol. The van der Waals surface area contributed by atoms with Crippen LogP contribution >= 0.6 is 11.6 Å². The number of sulfone groups is 1. The molecule has 0 bridgehead atoms. The van der Waals surface area contributed by atoms with Crippen LogP contribution in [-0.2, 0) is 14.6 Å². The Hall–Kier alpha value is -1.85. The van der Waals surface area contributed by atoms with E-state index in [1.165, 1.54) is 6.92 Å². The maximum Gasteiger partial charge on any atom is 0.242 e. The highest BCUT2D eigenvalue weighted by Gasteiger charge is 2.23. The summed E-state index contributed by atoms with van der Waals surface area (Å²) in [6.45, 7) is 1.37. The van der Waals surface area contributed by atoms with Crippen molar-refractivity contribution in [2.45, 2.75) is 12.2 Å². The first kappa shape index (κ1) is 16.5. The number of carbonyl (C=O) groups excluding carboxylic acids is 1. The highest BCUT2D eigenvalue weighted by Crippen LogP contribution is 2.25. The van der Waals surface area contributed by atoms with E-state index in [4.69, 9.17) is 11.6 Å². The minimum Gasteiger partial charge on any atom is -0.325 e. The number of carbonyl (C=O) groups is 1. The Morgan fingerprint density at radius 2 is 1.68 bits per heavy atom. The highest BCUT2D eigenvalue weighted by atomic mass is 35.5. The van der Waals surface area contributed by atoms with Gasteiger partial charge in [-0.25, -0.2) is 8.42 Å². The van der Waals surface area contributed by atoms with Gasteiger partial charge in [-0.05, 0) is 42.3 Å². The van der Waals surface area contributed by atoms with E-state index in [2.05, 4.69) is 5.32 Å². The van der Waals surface area contributed by atoms with Crippen LogP contribution in [0.25, 0.3) is 11.1 Å². The van der Waals surface area contributed by atoms with Gasteiger partial charge in [0.1, 0.15) is 5.25 Å². The zero-order valence-electron chi connectivity index (χ0n) is 12.2. The minimum absolute atomic E-state index is 0.540. The van der Waals surface area contributed by atoms with Gasteiger partial charge in [0.05, 0.1) is 0 Å². The Balaban J connectivity index is 2.24. The summed E-state index contributed by atoms with van der Waals surface area (Å²) in [4.78, 5) is 11.9. The zero-order chi connectivity index (χ0) is 16.3. The maximum absolute atomic E-state index is 11.9. The van der Waals surface area contributed by atoms with Crippen LogP contribution in [0, 0.1) is 0 Å². The second kappa shape index (κ2) is 6.50. The molecule has 1 N–H and O–H groups in total. The third-order valence-electron chi connectivity index (χ3n) is 3.30. The first-order chi connectivity index (χ1) is 10.3. The molecule has 22 heavy (non-hydrogen) atoms. The number of rotatable bonds is 4. The van der Waals surface area contributed by atoms with E-state index in [9.17, 15) is 13.2 Å². The predicted molar refractivity (Wildman–Crippen MR) is 89.8 cm³/mol. The molecule has 6 heteroatoms. The number of hydrogen-bond donors (Lipinski definition) is 1. The number of halogens is 1. The minimum atomic E-state index is -3.42. The van der Waals surface area contributed by atoms with Gasteiger partial charge in [0.2, 0.25) is 5.91 Å². The van der Waals surface area contributed by atoms with E-state index in [-0.39, 0.29) is 0 Å². The summed E-state index contributed by atoms with van der Waals surface area (Å²) >= 11 is 5.97. The van der Waals surface area contributed by atoms with Gasteiger partial charge in [0.15, 0.2) is 9.84 Å². The van der Waals surface area contributed by atoms with Crippen LogP contribution in [0.1, 0.15) is 6.92 Å². The molecular formula is C16H16ClNO3S. The Morgan fingerprint density at radius 1 is 1.09 bits per heavy atom. The topological polar surface area (TPSA) is 63.2 Å². The van der Waals surface area contributed by atoms with Crippen molar-refractivity contribution in [1.29, 1.82) is 0 Å². The van der Waals surface area contributed by atoms with E-state index >= 15 is 0 Å². The molecule has 2 aromatic carbocycles. The molecule has 0 fully saturated rings. The van der Waals surface area contributed by atoms with E-state index in [0.717, 1.165) is 17.4 Å². The number of nitrogens with one attached hydrogen (secondary N) is 1. The van der Waals surface area contributed by atoms with E-state index in [1.54, 1.807) is 24.3 Å². The molecule has 4 nitrogen and oxygen atoms in total. The van der Waals surface area contributed by atoms with Crippen molar-refractivity contribution in [3.05, 3.63) is 53.6 Å². The van der Waals surface area contributed by atoms with Crippen LogP contribution in [0.15, 0.2) is 48.5 Å². The summed E-state index contributed by atoms with van der Waals surface area (Å²) in [6, 6.07) is 14.5. The molecule has 0 aromatic heterocycles. The molecule has 0 aliphatic heterocycles. The average Bonchev–Trinajstić information content (AvgIpc) is 2.45. The van der Waals surface area contributed by atoms with Crippen LogP contribution in [0.4, 0.5) is 5.69 Å². The van der Waals surface area contributed by atoms with E-state index in [1.807, 2.05) is 24.3 Å². The van der Waals surface area contributed by atoms with Gasteiger partial charge in [0.25, 0.3) is 0 Å². The molecule has 0 radical (unpaired) electrons. The highest BCUT2D eigenvalue weighted by molar-refractivity contribution is 7.92. The summed E-state index contributed by atoms with van der Waals surface area (Å²) in [5, 5.41) is 2.15. The summed E-state index contributed by atoms with van der Waals surface area (Å²) < 4.78 is 22.8. The Bertz CT molecular complexity index is 803. The summed E-state index contributed by atoms with van der Waals surface area (Å²) in [6.07, 6.45) is 1.04. The molecule has 2 rings (SSSR count). The fourth-order valence-electron chi connectivity index (χ4n) is 1.88. The van der Waals surface area contributed by atoms with Crippen molar-refractivity contribution in [3.8, 4) is 11.1 Å². The van der Waals surface area contributed by atoms with Gasteiger partial charge >= 0.3 is 0 Å². The van der Waals surface area contributed by atoms with Crippen LogP contribution in [0.2, 0.25) is 5.02 Å². The van der Waals surface area contributed by atoms with Gasteiger partial charge < -0.3 is 5.32 Å². The van der Waals surface area contributed by atoms with Crippen molar-refractivity contribution in [2.75, 3.05) is 11.6 Å². The van der Waals surface area contributed by atoms with Gasteiger partial charge in [-0.15, -0.1) is 0 Å². The quantitative estimate of drug-likeness (QED) is 0.930. The number of hydrogen-bond acceptors (Lipinski definition) is 3. The zero-order valence-corrected chi connectivity index (χ0v) is 13.8. The van der Waals surface area contributed by atoms with Gasteiger partial charge in [-0.2, -0.15) is 0 Å². The largest absolute Gasteiger partial charge is 0.325 e. The fraction of sp³-hybridized carbons (Fsp3) is 0.188. The first-order valence-electron chi connectivity index (χ1n) is 6.63. The Labute approximate surface area is 135 Å². The molecule has 2 aromatic rings. The van der Waals surface area contributed by atoms with Crippen molar-refractivity contribution in [1.82, 2.24) is 0 Å². The summed E-state index contributed by atoms with van der Waals surface area (Å²) in [7, 11) is -3.42. The molecule has 0 heterocycles. The SMILES string of the molecule is C[C@H](C(=O)Nc1cccc(-c2cccc(Cl)c2)c1)S(C)(=O)=O. The van der Waals surface area contributed by atoms with Gasteiger partial charge in [-0.3, -0.25) is 4.79 Å². The van der Waals surface area contributed by atoms with Crippen LogP contribution in [-0.4, -0.2) is 25.8 Å². The molecule has 0 unspecified atom stereocenters. The second-order valence-electron chi connectivity index (χ2n) is 5.05. The lowest BCUT2D eigenvalue weighted by molar-refractivity contribution is -0.115. The Morgan fingerprint density at radius 3 is 2.27 bits per heavy atom. The molecule has 116 valence electrons. The third-order valence-corrected chi connectivity index (χ3v) is 5.03. The molecular weight excluding hydrogens is 322 g/mol. The van der Waals surface area contributed by atoms with E-state index in [0.29, 0.717) is 10.7 Å². The molecule has 0 saturated carbocycles. The summed E-state index contributed by atoms with van der Waals surface area (Å²) in [5.41, 5.74) is 2.34. The Kier molecular flexibility index (Phi) is 4.88. The van der Waals surface area contributed by atoms with Crippen LogP contribution in [0.3, 0.4) is 0 Å². The number of benzene rings is 2. The van der Waals surface area contributed by atoms with Gasteiger partial charge in [0, 0.05) is 17.0 Å².